The Labute approximate surface area is 120 Å². The first kappa shape index (κ1) is 13.6. The van der Waals surface area contributed by atoms with Crippen molar-refractivity contribution in [3.8, 4) is 0 Å². The molecule has 1 atom stereocenters. The van der Waals surface area contributed by atoms with E-state index in [1.54, 1.807) is 0 Å². The summed E-state index contributed by atoms with van der Waals surface area (Å²) >= 11 is 0. The van der Waals surface area contributed by atoms with Crippen molar-refractivity contribution in [1.82, 2.24) is 19.9 Å². The van der Waals surface area contributed by atoms with Crippen LogP contribution in [0.3, 0.4) is 0 Å². The van der Waals surface area contributed by atoms with Crippen LogP contribution in [0, 0.1) is 19.8 Å². The lowest BCUT2D eigenvalue weighted by Crippen LogP contribution is -2.25. The zero-order valence-corrected chi connectivity index (χ0v) is 12.7. The molecule has 0 spiro atoms. The van der Waals surface area contributed by atoms with Crippen LogP contribution in [0.5, 0.6) is 0 Å². The fourth-order valence-electron chi connectivity index (χ4n) is 3.00. The van der Waals surface area contributed by atoms with Gasteiger partial charge in [-0.25, -0.2) is 9.50 Å². The van der Waals surface area contributed by atoms with Crippen LogP contribution in [0.15, 0.2) is 12.3 Å². The van der Waals surface area contributed by atoms with E-state index in [-0.39, 0.29) is 0 Å². The van der Waals surface area contributed by atoms with E-state index in [0.717, 1.165) is 23.8 Å². The minimum absolute atomic E-state index is 0.330. The fraction of sp³-hybridized carbons (Fsp3) is 0.625. The second-order valence-electron chi connectivity index (χ2n) is 6.12. The maximum atomic E-state index is 4.51. The molecule has 0 bridgehead atoms. The molecule has 0 saturated heterocycles. The van der Waals surface area contributed by atoms with E-state index >= 15 is 0 Å². The van der Waals surface area contributed by atoms with Gasteiger partial charge in [0.05, 0.1) is 5.69 Å². The van der Waals surface area contributed by atoms with Crippen LogP contribution in [0.4, 0.5) is 0 Å². The Hall–Kier alpha value is -1.42. The van der Waals surface area contributed by atoms with E-state index < -0.39 is 0 Å². The third-order valence-electron chi connectivity index (χ3n) is 4.58. The van der Waals surface area contributed by atoms with Gasteiger partial charge in [-0.3, -0.25) is 0 Å². The van der Waals surface area contributed by atoms with Gasteiger partial charge in [0.15, 0.2) is 5.65 Å². The molecule has 1 fully saturated rings. The van der Waals surface area contributed by atoms with Gasteiger partial charge < -0.3 is 5.32 Å². The molecule has 0 radical (unpaired) electrons. The Morgan fingerprint density at radius 3 is 2.90 bits per heavy atom. The number of nitrogens with one attached hydrogen (secondary N) is 1. The third kappa shape index (κ3) is 2.57. The minimum Gasteiger partial charge on any atom is -0.310 e. The molecule has 3 rings (SSSR count). The molecule has 0 aliphatic heterocycles. The smallest absolute Gasteiger partial charge is 0.155 e. The standard InChI is InChI=1S/C16H24N4/c1-11-9-16-18-10-15(13(3)20(16)19-11)12(2)17-8-7-14-5-4-6-14/h9-10,12,14,17H,4-8H2,1-3H3. The predicted octanol–water partition coefficient (Wildman–Crippen LogP) is 3.19. The van der Waals surface area contributed by atoms with Crippen LogP contribution in [0.1, 0.15) is 55.6 Å². The summed E-state index contributed by atoms with van der Waals surface area (Å²) in [6.07, 6.45) is 7.58. The Kier molecular flexibility index (Phi) is 3.74. The Morgan fingerprint density at radius 1 is 1.40 bits per heavy atom. The first-order valence-electron chi connectivity index (χ1n) is 7.70. The topological polar surface area (TPSA) is 42.2 Å². The molecule has 1 aliphatic rings. The van der Waals surface area contributed by atoms with Crippen LogP contribution >= 0.6 is 0 Å². The molecule has 1 unspecified atom stereocenters. The van der Waals surface area contributed by atoms with E-state index in [4.69, 9.17) is 0 Å². The lowest BCUT2D eigenvalue weighted by atomic mass is 9.83. The average Bonchev–Trinajstić information content (AvgIpc) is 2.74. The number of hydrogen-bond acceptors (Lipinski definition) is 3. The predicted molar refractivity (Wildman–Crippen MR) is 80.8 cm³/mol. The quantitative estimate of drug-likeness (QED) is 0.909. The van der Waals surface area contributed by atoms with E-state index in [1.807, 2.05) is 23.7 Å². The lowest BCUT2D eigenvalue weighted by Gasteiger charge is -2.26. The highest BCUT2D eigenvalue weighted by molar-refractivity contribution is 5.42. The highest BCUT2D eigenvalue weighted by atomic mass is 15.3. The normalized spacial score (nSPS) is 17.4. The Bertz CT molecular complexity index is 598. The molecule has 4 nitrogen and oxygen atoms in total. The maximum Gasteiger partial charge on any atom is 0.155 e. The summed E-state index contributed by atoms with van der Waals surface area (Å²) in [5.74, 6) is 0.963. The maximum absolute atomic E-state index is 4.51. The summed E-state index contributed by atoms with van der Waals surface area (Å²) in [6.45, 7) is 7.45. The molecule has 20 heavy (non-hydrogen) atoms. The van der Waals surface area contributed by atoms with Crippen LogP contribution in [-0.2, 0) is 0 Å². The molecule has 108 valence electrons. The molecule has 1 aliphatic carbocycles. The van der Waals surface area contributed by atoms with E-state index in [9.17, 15) is 0 Å². The number of aromatic nitrogens is 3. The first-order chi connectivity index (χ1) is 9.65. The van der Waals surface area contributed by atoms with Gasteiger partial charge in [-0.05, 0) is 39.7 Å². The highest BCUT2D eigenvalue weighted by Gasteiger charge is 2.18. The molecule has 2 aromatic rings. The molecule has 4 heteroatoms. The second kappa shape index (κ2) is 5.52. The molecule has 1 saturated carbocycles. The van der Waals surface area contributed by atoms with Crippen LogP contribution in [0.2, 0.25) is 0 Å². The van der Waals surface area contributed by atoms with Crippen molar-refractivity contribution in [3.05, 3.63) is 29.2 Å². The average molecular weight is 272 g/mol. The van der Waals surface area contributed by atoms with Crippen molar-refractivity contribution in [2.24, 2.45) is 5.92 Å². The van der Waals surface area contributed by atoms with Crippen LogP contribution < -0.4 is 5.32 Å². The summed E-state index contributed by atoms with van der Waals surface area (Å²) in [5, 5.41) is 8.14. The van der Waals surface area contributed by atoms with Crippen molar-refractivity contribution in [2.75, 3.05) is 6.54 Å². The van der Waals surface area contributed by atoms with Gasteiger partial charge in [-0.1, -0.05) is 19.3 Å². The molecule has 1 N–H and O–H groups in total. The Balaban J connectivity index is 1.69. The molecule has 2 aromatic heterocycles. The van der Waals surface area contributed by atoms with Gasteiger partial charge in [0.25, 0.3) is 0 Å². The largest absolute Gasteiger partial charge is 0.310 e. The first-order valence-corrected chi connectivity index (χ1v) is 7.70. The van der Waals surface area contributed by atoms with Crippen LogP contribution in [0.25, 0.3) is 5.65 Å². The van der Waals surface area contributed by atoms with Crippen molar-refractivity contribution >= 4 is 5.65 Å². The lowest BCUT2D eigenvalue weighted by molar-refractivity contribution is 0.288. The van der Waals surface area contributed by atoms with Crippen LogP contribution in [-0.4, -0.2) is 21.1 Å². The molecule has 0 amide bonds. The molecular formula is C16H24N4. The van der Waals surface area contributed by atoms with Crippen molar-refractivity contribution < 1.29 is 0 Å². The number of aryl methyl sites for hydroxylation is 2. The van der Waals surface area contributed by atoms with Gasteiger partial charge in [0, 0.05) is 29.6 Å². The van der Waals surface area contributed by atoms with E-state index in [2.05, 4.69) is 29.2 Å². The summed E-state index contributed by atoms with van der Waals surface area (Å²) < 4.78 is 1.95. The fourth-order valence-corrected chi connectivity index (χ4v) is 3.00. The summed E-state index contributed by atoms with van der Waals surface area (Å²) in [4.78, 5) is 4.51. The highest BCUT2D eigenvalue weighted by Crippen LogP contribution is 2.29. The van der Waals surface area contributed by atoms with Gasteiger partial charge >= 0.3 is 0 Å². The van der Waals surface area contributed by atoms with E-state index in [0.29, 0.717) is 6.04 Å². The van der Waals surface area contributed by atoms with Crippen molar-refractivity contribution in [3.63, 3.8) is 0 Å². The van der Waals surface area contributed by atoms with E-state index in [1.165, 1.54) is 36.9 Å². The monoisotopic (exact) mass is 272 g/mol. The third-order valence-corrected chi connectivity index (χ3v) is 4.58. The number of rotatable bonds is 5. The van der Waals surface area contributed by atoms with Crippen molar-refractivity contribution in [1.29, 1.82) is 0 Å². The summed E-state index contributed by atoms with van der Waals surface area (Å²) in [6, 6.07) is 2.35. The van der Waals surface area contributed by atoms with Crippen molar-refractivity contribution in [2.45, 2.75) is 52.5 Å². The van der Waals surface area contributed by atoms with Gasteiger partial charge in [0.1, 0.15) is 0 Å². The number of fused-ring (bicyclic) bond motifs is 1. The zero-order chi connectivity index (χ0) is 14.1. The minimum atomic E-state index is 0.330. The zero-order valence-electron chi connectivity index (χ0n) is 12.7. The van der Waals surface area contributed by atoms with Gasteiger partial charge in [-0.2, -0.15) is 5.10 Å². The summed E-state index contributed by atoms with van der Waals surface area (Å²) in [7, 11) is 0. The number of hydrogen-bond donors (Lipinski definition) is 1. The molecule has 0 aromatic carbocycles. The SMILES string of the molecule is Cc1cc2ncc(C(C)NCCC3CCC3)c(C)n2n1. The molecular weight excluding hydrogens is 248 g/mol. The molecule has 2 heterocycles. The van der Waals surface area contributed by atoms with Gasteiger partial charge in [-0.15, -0.1) is 0 Å². The summed E-state index contributed by atoms with van der Waals surface area (Å²) in [5.41, 5.74) is 4.38. The second-order valence-corrected chi connectivity index (χ2v) is 6.12. The van der Waals surface area contributed by atoms with Gasteiger partial charge in [0.2, 0.25) is 0 Å². The number of nitrogens with zero attached hydrogens (tertiary/aromatic N) is 3. The Morgan fingerprint density at radius 2 is 2.20 bits per heavy atom.